The van der Waals surface area contributed by atoms with E-state index in [0.717, 1.165) is 4.31 Å². The molecule has 3 aromatic carbocycles. The highest BCUT2D eigenvalue weighted by molar-refractivity contribution is 7.93. The smallest absolute Gasteiger partial charge is 0.328 e. The van der Waals surface area contributed by atoms with Crippen molar-refractivity contribution in [3.8, 4) is 11.5 Å². The van der Waals surface area contributed by atoms with E-state index in [1.165, 1.54) is 74.8 Å². The molecule has 1 amide bonds. The maximum atomic E-state index is 14.6. The molecule has 2 aliphatic rings. The second kappa shape index (κ2) is 11.3. The summed E-state index contributed by atoms with van der Waals surface area (Å²) >= 11 is 13.0. The third kappa shape index (κ3) is 4.64. The van der Waals surface area contributed by atoms with E-state index in [2.05, 4.69) is 0 Å². The molecule has 2 unspecified atom stereocenters. The Kier molecular flexibility index (Phi) is 8.06. The number of likely N-dealkylation sites (tertiary alicyclic amines) is 1. The SMILES string of the molecule is COC(=O)[C@H]1CCCN1C(=O)C1N(S(=O)(=O)c2ccc(OC)c(OC)c2)c2ccc(Cl)cc2C1(O)c1ccccc1Cl. The summed E-state index contributed by atoms with van der Waals surface area (Å²) in [6.45, 7) is 0.148. The van der Waals surface area contributed by atoms with Gasteiger partial charge in [0.25, 0.3) is 15.9 Å². The number of nitrogens with zero attached hydrogens (tertiary/aromatic N) is 2. The van der Waals surface area contributed by atoms with Crippen molar-refractivity contribution >= 4 is 50.8 Å². The van der Waals surface area contributed by atoms with Crippen LogP contribution in [0.4, 0.5) is 5.69 Å². The van der Waals surface area contributed by atoms with E-state index in [0.29, 0.717) is 18.6 Å². The van der Waals surface area contributed by atoms with Crippen LogP contribution in [0, 0.1) is 0 Å². The second-order valence-electron chi connectivity index (χ2n) is 9.84. The Morgan fingerprint density at radius 2 is 1.67 bits per heavy atom. The summed E-state index contributed by atoms with van der Waals surface area (Å²) in [5.41, 5.74) is -2.14. The Balaban J connectivity index is 1.79. The molecule has 3 aromatic rings. The average molecular weight is 636 g/mol. The number of halogens is 2. The Hall–Kier alpha value is -3.51. The van der Waals surface area contributed by atoms with Crippen molar-refractivity contribution < 1.29 is 37.3 Å². The van der Waals surface area contributed by atoms with Crippen molar-refractivity contribution in [3.63, 3.8) is 0 Å². The third-order valence-electron chi connectivity index (χ3n) is 7.68. The van der Waals surface area contributed by atoms with Crippen LogP contribution >= 0.6 is 23.2 Å². The standard InChI is InChI=1S/C29H28Cl2N2O8S/c1-39-24-13-11-18(16-25(24)40-2)42(37,38)33-22-12-10-17(30)15-20(22)29(36,19-7-4-5-8-21(19)31)26(33)27(34)32-14-6-9-23(32)28(35)41-3/h4-5,7-8,10-13,15-16,23,26,36H,6,9,14H2,1-3H3/t23-,26?,29?/m1/s1. The van der Waals surface area contributed by atoms with Crippen LogP contribution in [0.25, 0.3) is 0 Å². The predicted octanol–water partition coefficient (Wildman–Crippen LogP) is 3.99. The molecule has 1 saturated heterocycles. The molecule has 2 heterocycles. The Bertz CT molecular complexity index is 1670. The molecule has 0 radical (unpaired) electrons. The molecule has 0 aliphatic carbocycles. The maximum Gasteiger partial charge on any atom is 0.328 e. The number of rotatable bonds is 7. The van der Waals surface area contributed by atoms with Crippen LogP contribution in [-0.2, 0) is 30.0 Å². The molecule has 3 atom stereocenters. The Labute approximate surface area is 253 Å². The number of esters is 1. The van der Waals surface area contributed by atoms with Crippen molar-refractivity contribution in [3.05, 3.63) is 81.8 Å². The van der Waals surface area contributed by atoms with Gasteiger partial charge in [0.15, 0.2) is 17.5 Å². The van der Waals surface area contributed by atoms with E-state index in [-0.39, 0.29) is 44.0 Å². The Morgan fingerprint density at radius 3 is 2.33 bits per heavy atom. The molecule has 5 rings (SSSR count). The number of carbonyl (C=O) groups is 2. The fraction of sp³-hybridized carbons (Fsp3) is 0.310. The first kappa shape index (κ1) is 30.0. The largest absolute Gasteiger partial charge is 0.493 e. The van der Waals surface area contributed by atoms with Gasteiger partial charge in [-0.3, -0.25) is 4.79 Å². The van der Waals surface area contributed by atoms with Crippen LogP contribution in [0.2, 0.25) is 10.0 Å². The zero-order chi connectivity index (χ0) is 30.4. The van der Waals surface area contributed by atoms with Crippen molar-refractivity contribution in [2.45, 2.75) is 35.4 Å². The number of carbonyl (C=O) groups excluding carboxylic acids is 2. The van der Waals surface area contributed by atoms with Crippen molar-refractivity contribution in [2.24, 2.45) is 0 Å². The van der Waals surface area contributed by atoms with E-state index in [1.54, 1.807) is 12.1 Å². The summed E-state index contributed by atoms with van der Waals surface area (Å²) < 4.78 is 45.5. The van der Waals surface area contributed by atoms with Crippen LogP contribution in [0.1, 0.15) is 24.0 Å². The van der Waals surface area contributed by atoms with Crippen LogP contribution in [0.15, 0.2) is 65.6 Å². The minimum Gasteiger partial charge on any atom is -0.493 e. The van der Waals surface area contributed by atoms with Gasteiger partial charge < -0.3 is 24.2 Å². The van der Waals surface area contributed by atoms with Gasteiger partial charge in [0.05, 0.1) is 31.9 Å². The number of aliphatic hydroxyl groups is 1. The first-order chi connectivity index (χ1) is 20.0. The number of sulfonamides is 1. The first-order valence-corrected chi connectivity index (χ1v) is 15.1. The molecule has 0 spiro atoms. The van der Waals surface area contributed by atoms with Gasteiger partial charge in [0.2, 0.25) is 0 Å². The van der Waals surface area contributed by atoms with Gasteiger partial charge in [-0.25, -0.2) is 17.5 Å². The van der Waals surface area contributed by atoms with Crippen LogP contribution in [-0.4, -0.2) is 70.3 Å². The predicted molar refractivity (Wildman–Crippen MR) is 156 cm³/mol. The quantitative estimate of drug-likeness (QED) is 0.387. The highest BCUT2D eigenvalue weighted by Gasteiger charge is 2.61. The van der Waals surface area contributed by atoms with Gasteiger partial charge in [0, 0.05) is 33.8 Å². The molecule has 1 fully saturated rings. The number of hydrogen-bond acceptors (Lipinski definition) is 8. The van der Waals surface area contributed by atoms with Crippen LogP contribution in [0.5, 0.6) is 11.5 Å². The van der Waals surface area contributed by atoms with Crippen molar-refractivity contribution in [1.82, 2.24) is 4.90 Å². The van der Waals surface area contributed by atoms with E-state index in [4.69, 9.17) is 37.4 Å². The normalized spacial score (nSPS) is 21.7. The van der Waals surface area contributed by atoms with Crippen molar-refractivity contribution in [1.29, 1.82) is 0 Å². The number of benzene rings is 3. The molecule has 2 aliphatic heterocycles. The monoisotopic (exact) mass is 634 g/mol. The van der Waals surface area contributed by atoms with E-state index in [1.807, 2.05) is 0 Å². The molecule has 1 N–H and O–H groups in total. The fourth-order valence-electron chi connectivity index (χ4n) is 5.73. The summed E-state index contributed by atoms with van der Waals surface area (Å²) in [6, 6.07) is 11.8. The number of hydrogen-bond donors (Lipinski definition) is 1. The lowest BCUT2D eigenvalue weighted by atomic mass is 9.82. The third-order valence-corrected chi connectivity index (χ3v) is 10.0. The topological polar surface area (TPSA) is 123 Å². The highest BCUT2D eigenvalue weighted by atomic mass is 35.5. The maximum absolute atomic E-state index is 14.6. The number of amides is 1. The zero-order valence-electron chi connectivity index (χ0n) is 22.9. The number of methoxy groups -OCH3 is 3. The van der Waals surface area contributed by atoms with Crippen LogP contribution < -0.4 is 13.8 Å². The summed E-state index contributed by atoms with van der Waals surface area (Å²) in [5.74, 6) is -1.01. The number of ether oxygens (including phenoxy) is 3. The lowest BCUT2D eigenvalue weighted by Gasteiger charge is -2.38. The lowest BCUT2D eigenvalue weighted by Crippen LogP contribution is -2.59. The van der Waals surface area contributed by atoms with Gasteiger partial charge >= 0.3 is 5.97 Å². The summed E-state index contributed by atoms with van der Waals surface area (Å²) in [5, 5.41) is 13.0. The molecule has 10 nitrogen and oxygen atoms in total. The summed E-state index contributed by atoms with van der Waals surface area (Å²) in [6.07, 6.45) is 0.792. The second-order valence-corrected chi connectivity index (χ2v) is 12.5. The van der Waals surface area contributed by atoms with Crippen molar-refractivity contribution in [2.75, 3.05) is 32.2 Å². The molecule has 13 heteroatoms. The van der Waals surface area contributed by atoms with Gasteiger partial charge in [-0.2, -0.15) is 0 Å². The summed E-state index contributed by atoms with van der Waals surface area (Å²) in [7, 11) is -0.600. The summed E-state index contributed by atoms with van der Waals surface area (Å²) in [4.78, 5) is 28.2. The molecule has 0 aromatic heterocycles. The Morgan fingerprint density at radius 1 is 0.952 bits per heavy atom. The minimum absolute atomic E-state index is 0.0174. The molecule has 0 bridgehead atoms. The minimum atomic E-state index is -4.59. The van der Waals surface area contributed by atoms with Gasteiger partial charge in [-0.15, -0.1) is 0 Å². The van der Waals surface area contributed by atoms with E-state index >= 15 is 0 Å². The number of fused-ring (bicyclic) bond motifs is 1. The zero-order valence-corrected chi connectivity index (χ0v) is 25.2. The molecular weight excluding hydrogens is 607 g/mol. The molecule has 0 saturated carbocycles. The average Bonchev–Trinajstić information content (AvgIpc) is 3.58. The molecule has 42 heavy (non-hydrogen) atoms. The molecule has 222 valence electrons. The number of anilines is 1. The van der Waals surface area contributed by atoms with Gasteiger partial charge in [-0.1, -0.05) is 41.4 Å². The first-order valence-electron chi connectivity index (χ1n) is 12.9. The van der Waals surface area contributed by atoms with Crippen LogP contribution in [0.3, 0.4) is 0 Å². The lowest BCUT2D eigenvalue weighted by molar-refractivity contribution is -0.152. The fourth-order valence-corrected chi connectivity index (χ4v) is 7.84. The highest BCUT2D eigenvalue weighted by Crippen LogP contribution is 2.53. The van der Waals surface area contributed by atoms with E-state index < -0.39 is 39.6 Å². The van der Waals surface area contributed by atoms with Gasteiger partial charge in [0.1, 0.15) is 11.6 Å². The van der Waals surface area contributed by atoms with Gasteiger partial charge in [-0.05, 0) is 49.2 Å². The van der Waals surface area contributed by atoms with E-state index in [9.17, 15) is 23.1 Å². The molecular formula is C29H28Cl2N2O8S.